The number of sulfone groups is 1. The molecular formula is C14H12BrFO3S. The van der Waals surface area contributed by atoms with Crippen molar-refractivity contribution in [2.75, 3.05) is 6.26 Å². The Morgan fingerprint density at radius 1 is 1.10 bits per heavy atom. The number of benzene rings is 2. The molecule has 106 valence electrons. The van der Waals surface area contributed by atoms with Crippen molar-refractivity contribution in [2.24, 2.45) is 0 Å². The first kappa shape index (κ1) is 15.2. The third kappa shape index (κ3) is 3.26. The molecule has 0 heterocycles. The second kappa shape index (κ2) is 5.63. The topological polar surface area (TPSA) is 54.4 Å². The maximum atomic E-state index is 13.2. The zero-order valence-electron chi connectivity index (χ0n) is 10.5. The summed E-state index contributed by atoms with van der Waals surface area (Å²) >= 11 is 3.06. The maximum Gasteiger partial charge on any atom is 0.175 e. The standard InChI is InChI=1S/C14H12BrFO3S/c1-20(18,19)11-5-2-9(3-6-11)14(17)10-4-7-13(16)12(15)8-10/h2-8,14,17H,1H3. The molecule has 0 bridgehead atoms. The molecule has 1 atom stereocenters. The van der Waals surface area contributed by atoms with Crippen molar-refractivity contribution in [3.63, 3.8) is 0 Å². The lowest BCUT2D eigenvalue weighted by molar-refractivity contribution is 0.220. The van der Waals surface area contributed by atoms with Crippen LogP contribution in [0.4, 0.5) is 4.39 Å². The molecule has 20 heavy (non-hydrogen) atoms. The number of rotatable bonds is 3. The lowest BCUT2D eigenvalue weighted by Crippen LogP contribution is -2.02. The van der Waals surface area contributed by atoms with E-state index in [1.54, 1.807) is 0 Å². The van der Waals surface area contributed by atoms with E-state index in [1.807, 2.05) is 0 Å². The molecule has 0 aliphatic carbocycles. The van der Waals surface area contributed by atoms with Gasteiger partial charge in [-0.05, 0) is 51.3 Å². The van der Waals surface area contributed by atoms with E-state index in [-0.39, 0.29) is 9.37 Å². The zero-order valence-corrected chi connectivity index (χ0v) is 12.9. The van der Waals surface area contributed by atoms with E-state index < -0.39 is 21.8 Å². The van der Waals surface area contributed by atoms with Crippen molar-refractivity contribution in [3.8, 4) is 0 Å². The summed E-state index contributed by atoms with van der Waals surface area (Å²) in [4.78, 5) is 0.189. The second-order valence-electron chi connectivity index (χ2n) is 4.42. The average Bonchev–Trinajstić information content (AvgIpc) is 2.40. The van der Waals surface area contributed by atoms with Crippen LogP contribution in [0.15, 0.2) is 51.8 Å². The smallest absolute Gasteiger partial charge is 0.175 e. The Morgan fingerprint density at radius 3 is 2.15 bits per heavy atom. The Bertz CT molecular complexity index is 727. The van der Waals surface area contributed by atoms with E-state index in [4.69, 9.17) is 0 Å². The Balaban J connectivity index is 2.33. The third-order valence-electron chi connectivity index (χ3n) is 2.88. The van der Waals surface area contributed by atoms with Gasteiger partial charge in [-0.2, -0.15) is 0 Å². The summed E-state index contributed by atoms with van der Waals surface area (Å²) in [5, 5.41) is 10.2. The summed E-state index contributed by atoms with van der Waals surface area (Å²) in [7, 11) is -3.26. The first-order valence-electron chi connectivity index (χ1n) is 5.72. The van der Waals surface area contributed by atoms with Crippen LogP contribution in [0, 0.1) is 5.82 Å². The fraction of sp³-hybridized carbons (Fsp3) is 0.143. The Kier molecular flexibility index (Phi) is 4.27. The lowest BCUT2D eigenvalue weighted by atomic mass is 10.0. The van der Waals surface area contributed by atoms with Crippen LogP contribution in [0.5, 0.6) is 0 Å². The number of halogens is 2. The van der Waals surface area contributed by atoms with Crippen molar-refractivity contribution >= 4 is 25.8 Å². The molecule has 0 fully saturated rings. The highest BCUT2D eigenvalue weighted by Gasteiger charge is 2.14. The normalized spacial score (nSPS) is 13.2. The minimum atomic E-state index is -3.26. The van der Waals surface area contributed by atoms with Gasteiger partial charge in [-0.3, -0.25) is 0 Å². The van der Waals surface area contributed by atoms with E-state index in [2.05, 4.69) is 15.9 Å². The van der Waals surface area contributed by atoms with Crippen molar-refractivity contribution in [1.29, 1.82) is 0 Å². The highest BCUT2D eigenvalue weighted by molar-refractivity contribution is 9.10. The summed E-state index contributed by atoms with van der Waals surface area (Å²) < 4.78 is 36.1. The summed E-state index contributed by atoms with van der Waals surface area (Å²) in [6.45, 7) is 0. The number of aliphatic hydroxyl groups excluding tert-OH is 1. The predicted octanol–water partition coefficient (Wildman–Crippen LogP) is 3.07. The van der Waals surface area contributed by atoms with Crippen LogP contribution in [0.1, 0.15) is 17.2 Å². The number of aliphatic hydroxyl groups is 1. The fourth-order valence-electron chi connectivity index (χ4n) is 1.77. The Morgan fingerprint density at radius 2 is 1.65 bits per heavy atom. The van der Waals surface area contributed by atoms with Crippen molar-refractivity contribution < 1.29 is 17.9 Å². The SMILES string of the molecule is CS(=O)(=O)c1ccc(C(O)c2ccc(F)c(Br)c2)cc1. The molecule has 1 N–H and O–H groups in total. The van der Waals surface area contributed by atoms with Gasteiger partial charge >= 0.3 is 0 Å². The molecule has 3 nitrogen and oxygen atoms in total. The maximum absolute atomic E-state index is 13.2. The Labute approximate surface area is 125 Å². The van der Waals surface area contributed by atoms with Gasteiger partial charge in [0.2, 0.25) is 0 Å². The third-order valence-corrected chi connectivity index (χ3v) is 4.62. The minimum absolute atomic E-state index is 0.189. The largest absolute Gasteiger partial charge is 0.384 e. The quantitative estimate of drug-likeness (QED) is 0.917. The molecule has 0 spiro atoms. The molecule has 0 saturated carbocycles. The van der Waals surface area contributed by atoms with Gasteiger partial charge in [0.15, 0.2) is 9.84 Å². The minimum Gasteiger partial charge on any atom is -0.384 e. The van der Waals surface area contributed by atoms with Crippen LogP contribution < -0.4 is 0 Å². The van der Waals surface area contributed by atoms with Crippen LogP contribution in [-0.2, 0) is 9.84 Å². The van der Waals surface area contributed by atoms with E-state index in [1.165, 1.54) is 42.5 Å². The highest BCUT2D eigenvalue weighted by Crippen LogP contribution is 2.26. The van der Waals surface area contributed by atoms with Gasteiger partial charge in [0.05, 0.1) is 9.37 Å². The molecule has 0 amide bonds. The van der Waals surface area contributed by atoms with E-state index in [0.717, 1.165) is 6.26 Å². The molecule has 0 aromatic heterocycles. The van der Waals surface area contributed by atoms with Gasteiger partial charge in [-0.15, -0.1) is 0 Å². The first-order chi connectivity index (χ1) is 9.29. The fourth-order valence-corrected chi connectivity index (χ4v) is 2.80. The van der Waals surface area contributed by atoms with Crippen molar-refractivity contribution in [1.82, 2.24) is 0 Å². The molecule has 0 saturated heterocycles. The first-order valence-corrected chi connectivity index (χ1v) is 8.40. The summed E-state index contributed by atoms with van der Waals surface area (Å²) in [6, 6.07) is 10.2. The number of hydrogen-bond acceptors (Lipinski definition) is 3. The molecule has 2 aromatic carbocycles. The van der Waals surface area contributed by atoms with Crippen LogP contribution in [-0.4, -0.2) is 19.8 Å². The van der Waals surface area contributed by atoms with Crippen LogP contribution in [0.2, 0.25) is 0 Å². The highest BCUT2D eigenvalue weighted by atomic mass is 79.9. The van der Waals surface area contributed by atoms with Crippen molar-refractivity contribution in [2.45, 2.75) is 11.0 Å². The van der Waals surface area contributed by atoms with Gasteiger partial charge in [-0.25, -0.2) is 12.8 Å². The molecule has 0 aliphatic rings. The summed E-state index contributed by atoms with van der Waals surface area (Å²) in [5.74, 6) is -0.409. The van der Waals surface area contributed by atoms with Gasteiger partial charge in [-0.1, -0.05) is 18.2 Å². The van der Waals surface area contributed by atoms with Gasteiger partial charge in [0, 0.05) is 6.26 Å². The van der Waals surface area contributed by atoms with Crippen LogP contribution in [0.3, 0.4) is 0 Å². The van der Waals surface area contributed by atoms with Gasteiger partial charge in [0.25, 0.3) is 0 Å². The van der Waals surface area contributed by atoms with E-state index in [9.17, 15) is 17.9 Å². The van der Waals surface area contributed by atoms with E-state index >= 15 is 0 Å². The zero-order chi connectivity index (χ0) is 14.9. The molecule has 0 aliphatic heterocycles. The van der Waals surface area contributed by atoms with Crippen LogP contribution in [0.25, 0.3) is 0 Å². The van der Waals surface area contributed by atoms with Crippen molar-refractivity contribution in [3.05, 3.63) is 63.9 Å². The molecule has 2 aromatic rings. The predicted molar refractivity (Wildman–Crippen MR) is 77.7 cm³/mol. The number of hydrogen-bond donors (Lipinski definition) is 1. The monoisotopic (exact) mass is 358 g/mol. The molecule has 2 rings (SSSR count). The molecule has 1 unspecified atom stereocenters. The Hall–Kier alpha value is -1.24. The molecule has 0 radical (unpaired) electrons. The lowest BCUT2D eigenvalue weighted by Gasteiger charge is -2.12. The summed E-state index contributed by atoms with van der Waals surface area (Å²) in [6.07, 6.45) is 0.177. The van der Waals surface area contributed by atoms with Crippen LogP contribution >= 0.6 is 15.9 Å². The summed E-state index contributed by atoms with van der Waals surface area (Å²) in [5.41, 5.74) is 1.06. The average molecular weight is 359 g/mol. The molecule has 6 heteroatoms. The van der Waals surface area contributed by atoms with Gasteiger partial charge in [0.1, 0.15) is 11.9 Å². The molecular weight excluding hydrogens is 347 g/mol. The van der Waals surface area contributed by atoms with E-state index in [0.29, 0.717) is 11.1 Å². The van der Waals surface area contributed by atoms with Gasteiger partial charge < -0.3 is 5.11 Å². The second-order valence-corrected chi connectivity index (χ2v) is 7.29.